The standard InChI is InChI=1S/C91H93NO26/c1-57-74(111-82(97)63-38-20-7-21-39-63)70(54-103-51-60-32-14-4-15-33-60)109-88(76(57)112-83(98)64-40-22-8-23-41-64)118-79-73(96)69(50-94)108-90(81(79)115-86(101)67-46-28-11-29-47-67)116-75-58(2)77(113-84(99)65-42-24-9-25-43-65)89(110-71(75)55-104-52-61-34-16-5-17-35-61)117-78-72(95)68(49-93)107-87(80(78)114-85(100)66-44-26-10-27-45-66)106-56-92(48-59-30-12-3-13-31-59)91(102)105-53-62-36-18-6-19-37-62/h3-47,57-58,68-81,87-90,93-96H,48-56H2,1-2H3. The zero-order valence-corrected chi connectivity index (χ0v) is 64.6. The molecule has 0 saturated carbocycles. The van der Waals surface area contributed by atoms with Gasteiger partial charge in [0.05, 0.1) is 80.1 Å². The molecule has 0 aromatic heterocycles. The van der Waals surface area contributed by atoms with Gasteiger partial charge in [-0.15, -0.1) is 0 Å². The highest BCUT2D eigenvalue weighted by atomic mass is 16.8. The van der Waals surface area contributed by atoms with Crippen molar-refractivity contribution in [1.82, 2.24) is 4.90 Å². The van der Waals surface area contributed by atoms with E-state index < -0.39 is 185 Å². The molecular weight excluding hydrogens is 1520 g/mol. The van der Waals surface area contributed by atoms with Crippen LogP contribution in [0.3, 0.4) is 0 Å². The number of ether oxygens (including phenoxy) is 16. The van der Waals surface area contributed by atoms with E-state index in [4.69, 9.17) is 75.8 Å². The van der Waals surface area contributed by atoms with Crippen LogP contribution in [0.1, 0.15) is 87.9 Å². The molecular formula is C91H93NO26. The van der Waals surface area contributed by atoms with E-state index in [-0.39, 0.29) is 60.8 Å². The van der Waals surface area contributed by atoms with Crippen molar-refractivity contribution < 1.29 is 125 Å². The molecule has 9 aromatic rings. The number of nitrogens with zero attached hydrogens (tertiary/aromatic N) is 1. The van der Waals surface area contributed by atoms with Gasteiger partial charge in [0.25, 0.3) is 0 Å². The Morgan fingerprint density at radius 2 is 0.602 bits per heavy atom. The molecule has 0 spiro atoms. The van der Waals surface area contributed by atoms with Crippen molar-refractivity contribution >= 4 is 35.9 Å². The van der Waals surface area contributed by atoms with Gasteiger partial charge in [0, 0.05) is 11.8 Å². The number of aliphatic hydroxyl groups is 4. The maximum atomic E-state index is 15.0. The van der Waals surface area contributed by atoms with E-state index in [0.29, 0.717) is 16.7 Å². The third-order valence-corrected chi connectivity index (χ3v) is 20.6. The van der Waals surface area contributed by atoms with Crippen LogP contribution in [0.2, 0.25) is 0 Å². The molecule has 4 heterocycles. The van der Waals surface area contributed by atoms with Gasteiger partial charge in [-0.25, -0.2) is 28.8 Å². The molecule has 0 bridgehead atoms. The molecule has 13 rings (SSSR count). The van der Waals surface area contributed by atoms with Crippen LogP contribution in [-0.4, -0.2) is 205 Å². The highest BCUT2D eigenvalue weighted by molar-refractivity contribution is 5.91. The molecule has 118 heavy (non-hydrogen) atoms. The first-order valence-electron chi connectivity index (χ1n) is 38.9. The lowest BCUT2D eigenvalue weighted by molar-refractivity contribution is -0.383. The van der Waals surface area contributed by atoms with E-state index in [1.807, 2.05) is 66.7 Å². The van der Waals surface area contributed by atoms with Gasteiger partial charge in [-0.1, -0.05) is 226 Å². The fourth-order valence-corrected chi connectivity index (χ4v) is 14.3. The van der Waals surface area contributed by atoms with Crippen LogP contribution >= 0.6 is 0 Å². The summed E-state index contributed by atoms with van der Waals surface area (Å²) < 4.78 is 105. The number of hydrogen-bond acceptors (Lipinski definition) is 26. The quantitative estimate of drug-likeness (QED) is 0.0169. The van der Waals surface area contributed by atoms with Crippen LogP contribution in [0.4, 0.5) is 4.79 Å². The second-order valence-corrected chi connectivity index (χ2v) is 28.7. The van der Waals surface area contributed by atoms with Gasteiger partial charge in [-0.2, -0.15) is 0 Å². The van der Waals surface area contributed by atoms with Crippen molar-refractivity contribution in [2.45, 2.75) is 151 Å². The van der Waals surface area contributed by atoms with E-state index >= 15 is 0 Å². The summed E-state index contributed by atoms with van der Waals surface area (Å²) in [6, 6.07) is 76.0. The Labute approximate surface area is 681 Å². The summed E-state index contributed by atoms with van der Waals surface area (Å²) in [4.78, 5) is 88.8. The smallest absolute Gasteiger partial charge is 0.412 e. The Bertz CT molecular complexity index is 4610. The van der Waals surface area contributed by atoms with E-state index in [1.165, 1.54) is 53.4 Å². The van der Waals surface area contributed by atoms with Gasteiger partial charge in [-0.3, -0.25) is 4.90 Å². The van der Waals surface area contributed by atoms with Gasteiger partial charge >= 0.3 is 35.9 Å². The van der Waals surface area contributed by atoms with Crippen molar-refractivity contribution in [3.8, 4) is 0 Å². The Morgan fingerprint density at radius 3 is 0.975 bits per heavy atom. The summed E-state index contributed by atoms with van der Waals surface area (Å²) >= 11 is 0. The number of benzene rings is 9. The molecule has 27 heteroatoms. The van der Waals surface area contributed by atoms with Crippen LogP contribution in [0.5, 0.6) is 0 Å². The van der Waals surface area contributed by atoms with Crippen molar-refractivity contribution in [2.75, 3.05) is 33.2 Å². The second-order valence-electron chi connectivity index (χ2n) is 28.7. The van der Waals surface area contributed by atoms with E-state index in [9.17, 15) is 49.2 Å². The number of carbonyl (C=O) groups excluding carboxylic acids is 6. The van der Waals surface area contributed by atoms with Gasteiger partial charge in [0.1, 0.15) is 68.3 Å². The first-order chi connectivity index (χ1) is 57.6. The second kappa shape index (κ2) is 41.9. The Hall–Kier alpha value is -11.0. The zero-order valence-electron chi connectivity index (χ0n) is 64.6. The monoisotopic (exact) mass is 1620 g/mol. The minimum absolute atomic E-state index is 0.00842. The van der Waals surface area contributed by atoms with Crippen molar-refractivity contribution in [2.24, 2.45) is 11.8 Å². The Balaban J connectivity index is 0.875. The summed E-state index contributed by atoms with van der Waals surface area (Å²) in [5.41, 5.74) is 3.27. The summed E-state index contributed by atoms with van der Waals surface area (Å²) in [6.07, 6.45) is -31.5. The average Bonchev–Trinajstić information content (AvgIpc) is 0.762. The summed E-state index contributed by atoms with van der Waals surface area (Å²) in [5.74, 6) is -6.76. The predicted octanol–water partition coefficient (Wildman–Crippen LogP) is 10.4. The third kappa shape index (κ3) is 22.1. The summed E-state index contributed by atoms with van der Waals surface area (Å²) in [5, 5.41) is 48.1. The molecule has 27 nitrogen and oxygen atoms in total. The van der Waals surface area contributed by atoms with Crippen molar-refractivity contribution in [1.29, 1.82) is 0 Å². The molecule has 618 valence electrons. The normalized spacial score (nSPS) is 26.8. The van der Waals surface area contributed by atoms with Gasteiger partial charge in [0.2, 0.25) is 0 Å². The largest absolute Gasteiger partial charge is 0.455 e. The summed E-state index contributed by atoms with van der Waals surface area (Å²) in [6.45, 7) is -0.0252. The molecule has 4 saturated heterocycles. The zero-order chi connectivity index (χ0) is 82.3. The first kappa shape index (κ1) is 84.9. The van der Waals surface area contributed by atoms with Crippen molar-refractivity contribution in [3.05, 3.63) is 323 Å². The molecule has 4 aliphatic heterocycles. The number of rotatable bonds is 33. The van der Waals surface area contributed by atoms with Crippen LogP contribution in [-0.2, 0) is 102 Å². The lowest BCUT2D eigenvalue weighted by Crippen LogP contribution is -2.67. The molecule has 0 aliphatic carbocycles. The van der Waals surface area contributed by atoms with Crippen molar-refractivity contribution in [3.63, 3.8) is 0 Å². The Kier molecular flexibility index (Phi) is 30.2. The molecule has 20 unspecified atom stereocenters. The van der Waals surface area contributed by atoms with E-state index in [0.717, 1.165) is 5.56 Å². The third-order valence-electron chi connectivity index (χ3n) is 20.6. The maximum absolute atomic E-state index is 15.0. The first-order valence-corrected chi connectivity index (χ1v) is 38.9. The maximum Gasteiger partial charge on any atom is 0.412 e. The van der Waals surface area contributed by atoms with Crippen LogP contribution in [0.25, 0.3) is 0 Å². The number of esters is 5. The molecule has 4 N–H and O–H groups in total. The molecule has 0 radical (unpaired) electrons. The lowest BCUT2D eigenvalue weighted by Gasteiger charge is -2.51. The van der Waals surface area contributed by atoms with E-state index in [1.54, 1.807) is 172 Å². The average molecular weight is 1620 g/mol. The minimum Gasteiger partial charge on any atom is -0.455 e. The highest BCUT2D eigenvalue weighted by Crippen LogP contribution is 2.42. The fraction of sp³-hybridized carbons (Fsp3) is 0.341. The van der Waals surface area contributed by atoms with Crippen LogP contribution in [0.15, 0.2) is 273 Å². The summed E-state index contributed by atoms with van der Waals surface area (Å²) in [7, 11) is 0. The van der Waals surface area contributed by atoms with Crippen LogP contribution < -0.4 is 0 Å². The SMILES string of the molecule is CC1C(OC(=O)c2ccccc2)C(COCc2ccccc2)OC(OC2C(O)C(CO)OC(OC3C(COCc4ccccc4)OC(OC4C(O)C(CO)OC(OCN(Cc5ccccc5)C(=O)OCc5ccccc5)C4OC(=O)c4ccccc4)C(OC(=O)c4ccccc4)C3C)C2OC(=O)c2ccccc2)C1OC(=O)c1ccccc1. The van der Waals surface area contributed by atoms with Gasteiger partial charge in [0.15, 0.2) is 49.6 Å². The number of aliphatic hydroxyl groups excluding tert-OH is 4. The molecule has 4 aliphatic rings. The molecule has 9 aromatic carbocycles. The number of carbonyl (C=O) groups is 6. The molecule has 1 amide bonds. The fourth-order valence-electron chi connectivity index (χ4n) is 14.3. The van der Waals surface area contributed by atoms with E-state index in [2.05, 4.69) is 0 Å². The number of amides is 1. The minimum atomic E-state index is -1.96. The topological polar surface area (TPSA) is 334 Å². The molecule has 20 atom stereocenters. The molecule has 4 fully saturated rings. The van der Waals surface area contributed by atoms with Gasteiger partial charge < -0.3 is 96.2 Å². The predicted molar refractivity (Wildman–Crippen MR) is 419 cm³/mol. The Morgan fingerprint density at radius 1 is 0.322 bits per heavy atom. The number of hydrogen-bond donors (Lipinski definition) is 4. The van der Waals surface area contributed by atoms with Gasteiger partial charge in [-0.05, 0) is 82.9 Å². The van der Waals surface area contributed by atoms with Crippen LogP contribution in [0, 0.1) is 11.8 Å². The lowest BCUT2D eigenvalue weighted by atomic mass is 9.89. The highest BCUT2D eigenvalue weighted by Gasteiger charge is 2.59.